The van der Waals surface area contributed by atoms with E-state index >= 15 is 0 Å². The minimum Gasteiger partial charge on any atom is -0.294 e. The Kier molecular flexibility index (Phi) is 4.65. The molecule has 0 amide bonds. The number of benzene rings is 1. The van der Waals surface area contributed by atoms with Gasteiger partial charge in [0.15, 0.2) is 5.78 Å². The Balaban J connectivity index is 3.25. The summed E-state index contributed by atoms with van der Waals surface area (Å²) in [6.45, 7) is 4.89. The highest BCUT2D eigenvalue weighted by atomic mass is 35.5. The Hall–Kier alpha value is -1.28. The number of carbonyl (C=O) groups excluding carboxylic acids is 1. The van der Waals surface area contributed by atoms with Crippen molar-refractivity contribution in [2.24, 2.45) is 5.41 Å². The molecular formula is C12H13ClF3NO3S. The van der Waals surface area contributed by atoms with E-state index in [1.54, 1.807) is 20.8 Å². The molecule has 0 radical (unpaired) electrons. The Bertz CT molecular complexity index is 663. The molecule has 1 aromatic carbocycles. The smallest absolute Gasteiger partial charge is 0.294 e. The maximum absolute atomic E-state index is 12.3. The number of hydrogen-bond donors (Lipinski definition) is 1. The fourth-order valence-electron chi connectivity index (χ4n) is 1.38. The van der Waals surface area contributed by atoms with Gasteiger partial charge in [-0.1, -0.05) is 32.4 Å². The first kappa shape index (κ1) is 17.8. The molecule has 0 unspecified atom stereocenters. The van der Waals surface area contributed by atoms with Crippen LogP contribution in [-0.2, 0) is 10.0 Å². The largest absolute Gasteiger partial charge is 0.516 e. The van der Waals surface area contributed by atoms with Crippen molar-refractivity contribution in [2.75, 3.05) is 4.72 Å². The van der Waals surface area contributed by atoms with Crippen molar-refractivity contribution in [3.8, 4) is 0 Å². The molecular weight excluding hydrogens is 331 g/mol. The van der Waals surface area contributed by atoms with Crippen molar-refractivity contribution in [3.63, 3.8) is 0 Å². The van der Waals surface area contributed by atoms with E-state index in [1.807, 2.05) is 0 Å². The van der Waals surface area contributed by atoms with Gasteiger partial charge in [-0.15, -0.1) is 0 Å². The summed E-state index contributed by atoms with van der Waals surface area (Å²) in [5, 5.41) is -0.242. The van der Waals surface area contributed by atoms with Crippen molar-refractivity contribution in [1.29, 1.82) is 0 Å². The fraction of sp³-hybridized carbons (Fsp3) is 0.417. The zero-order valence-corrected chi connectivity index (χ0v) is 12.9. The molecule has 1 N–H and O–H groups in total. The van der Waals surface area contributed by atoms with E-state index in [2.05, 4.69) is 0 Å². The van der Waals surface area contributed by atoms with Gasteiger partial charge in [0.25, 0.3) is 0 Å². The lowest BCUT2D eigenvalue weighted by atomic mass is 9.86. The quantitative estimate of drug-likeness (QED) is 0.848. The molecule has 0 fully saturated rings. The van der Waals surface area contributed by atoms with Crippen LogP contribution in [0.4, 0.5) is 18.9 Å². The molecule has 118 valence electrons. The third kappa shape index (κ3) is 4.10. The van der Waals surface area contributed by atoms with Crippen LogP contribution in [0.5, 0.6) is 0 Å². The highest BCUT2D eigenvalue weighted by molar-refractivity contribution is 7.93. The molecule has 0 heterocycles. The van der Waals surface area contributed by atoms with Crippen LogP contribution >= 0.6 is 11.6 Å². The molecule has 0 atom stereocenters. The topological polar surface area (TPSA) is 63.2 Å². The predicted molar refractivity (Wildman–Crippen MR) is 73.8 cm³/mol. The van der Waals surface area contributed by atoms with Gasteiger partial charge in [-0.2, -0.15) is 21.6 Å². The maximum atomic E-state index is 12.3. The monoisotopic (exact) mass is 343 g/mol. The van der Waals surface area contributed by atoms with Crippen LogP contribution < -0.4 is 4.72 Å². The summed E-state index contributed by atoms with van der Waals surface area (Å²) in [6.07, 6.45) is 0. The molecule has 4 nitrogen and oxygen atoms in total. The zero-order valence-electron chi connectivity index (χ0n) is 11.4. The number of hydrogen-bond acceptors (Lipinski definition) is 3. The lowest BCUT2D eigenvalue weighted by Gasteiger charge is -2.18. The summed E-state index contributed by atoms with van der Waals surface area (Å²) < 4.78 is 60.5. The normalized spacial score (nSPS) is 13.1. The minimum atomic E-state index is -5.60. The second-order valence-corrected chi connectivity index (χ2v) is 7.41. The van der Waals surface area contributed by atoms with E-state index in [4.69, 9.17) is 11.6 Å². The molecule has 1 aromatic rings. The Morgan fingerprint density at radius 2 is 1.71 bits per heavy atom. The Labute approximate surface area is 125 Å². The number of carbonyl (C=O) groups is 1. The van der Waals surface area contributed by atoms with Gasteiger partial charge in [-0.25, -0.2) is 0 Å². The van der Waals surface area contributed by atoms with Crippen molar-refractivity contribution >= 4 is 33.1 Å². The third-order valence-electron chi connectivity index (χ3n) is 2.46. The van der Waals surface area contributed by atoms with Crippen LogP contribution in [0.25, 0.3) is 0 Å². The number of ketones is 1. The molecule has 1 rings (SSSR count). The molecule has 21 heavy (non-hydrogen) atoms. The van der Waals surface area contributed by atoms with Gasteiger partial charge in [0.05, 0.1) is 10.7 Å². The summed E-state index contributed by atoms with van der Waals surface area (Å²) >= 11 is 5.67. The van der Waals surface area contributed by atoms with Gasteiger partial charge in [0.1, 0.15) is 0 Å². The highest BCUT2D eigenvalue weighted by Gasteiger charge is 2.46. The Morgan fingerprint density at radius 1 is 1.19 bits per heavy atom. The summed E-state index contributed by atoms with van der Waals surface area (Å²) in [4.78, 5) is 12.0. The lowest BCUT2D eigenvalue weighted by Crippen LogP contribution is -2.30. The molecule has 0 aliphatic heterocycles. The van der Waals surface area contributed by atoms with E-state index in [9.17, 15) is 26.4 Å². The number of Topliss-reactive ketones (excluding diaryl/α,β-unsaturated/α-hetero) is 1. The number of nitrogens with one attached hydrogen (secondary N) is 1. The summed E-state index contributed by atoms with van der Waals surface area (Å²) in [5.74, 6) is -0.355. The number of halogens is 4. The average Bonchev–Trinajstić information content (AvgIpc) is 2.28. The first-order valence-electron chi connectivity index (χ1n) is 5.69. The van der Waals surface area contributed by atoms with Gasteiger partial charge in [-0.05, 0) is 18.2 Å². The molecule has 0 saturated heterocycles. The van der Waals surface area contributed by atoms with Crippen LogP contribution in [0.2, 0.25) is 5.02 Å². The van der Waals surface area contributed by atoms with Crippen molar-refractivity contribution < 1.29 is 26.4 Å². The second kappa shape index (κ2) is 5.49. The molecule has 0 aromatic heterocycles. The average molecular weight is 344 g/mol. The standard InChI is InChI=1S/C12H13ClF3NO3S/c1-11(2,3)10(18)7-4-5-8(13)9(6-7)17-21(19,20)12(14,15)16/h4-6,17H,1-3H3. The van der Waals surface area contributed by atoms with E-state index in [0.29, 0.717) is 0 Å². The van der Waals surface area contributed by atoms with Crippen LogP contribution in [0.1, 0.15) is 31.1 Å². The predicted octanol–water partition coefficient (Wildman–Crippen LogP) is 3.83. The maximum Gasteiger partial charge on any atom is 0.516 e. The lowest BCUT2D eigenvalue weighted by molar-refractivity contribution is -0.0429. The van der Waals surface area contributed by atoms with Gasteiger partial charge >= 0.3 is 15.5 Å². The van der Waals surface area contributed by atoms with E-state index in [0.717, 1.165) is 12.1 Å². The van der Waals surface area contributed by atoms with Crippen LogP contribution in [0.15, 0.2) is 18.2 Å². The van der Waals surface area contributed by atoms with Crippen molar-refractivity contribution in [2.45, 2.75) is 26.3 Å². The second-order valence-electron chi connectivity index (χ2n) is 5.32. The number of alkyl halides is 3. The number of rotatable bonds is 3. The third-order valence-corrected chi connectivity index (χ3v) is 3.89. The minimum absolute atomic E-state index is 0.0618. The van der Waals surface area contributed by atoms with Crippen molar-refractivity contribution in [3.05, 3.63) is 28.8 Å². The summed E-state index contributed by atoms with van der Waals surface area (Å²) in [6, 6.07) is 3.47. The molecule has 0 saturated carbocycles. The highest BCUT2D eigenvalue weighted by Crippen LogP contribution is 2.31. The van der Waals surface area contributed by atoms with Gasteiger partial charge in [0, 0.05) is 11.0 Å². The van der Waals surface area contributed by atoms with Crippen LogP contribution in [0, 0.1) is 5.41 Å². The molecule has 0 aliphatic rings. The molecule has 9 heteroatoms. The number of sulfonamides is 1. The van der Waals surface area contributed by atoms with Gasteiger partial charge in [-0.3, -0.25) is 9.52 Å². The molecule has 0 aliphatic carbocycles. The van der Waals surface area contributed by atoms with Gasteiger partial charge in [0.2, 0.25) is 0 Å². The summed E-state index contributed by atoms with van der Waals surface area (Å²) in [5.41, 5.74) is -6.68. The number of anilines is 1. The van der Waals surface area contributed by atoms with Gasteiger partial charge < -0.3 is 0 Å². The first-order chi connectivity index (χ1) is 9.25. The Morgan fingerprint density at radius 3 is 2.14 bits per heavy atom. The first-order valence-corrected chi connectivity index (χ1v) is 7.55. The molecule has 0 spiro atoms. The van der Waals surface area contributed by atoms with Crippen molar-refractivity contribution in [1.82, 2.24) is 0 Å². The van der Waals surface area contributed by atoms with Crippen LogP contribution in [-0.4, -0.2) is 19.7 Å². The zero-order chi connectivity index (χ0) is 16.6. The van der Waals surface area contributed by atoms with Crippen LogP contribution in [0.3, 0.4) is 0 Å². The van der Waals surface area contributed by atoms with E-state index < -0.39 is 26.6 Å². The molecule has 0 bridgehead atoms. The van der Waals surface area contributed by atoms with E-state index in [-0.39, 0.29) is 16.4 Å². The van der Waals surface area contributed by atoms with E-state index in [1.165, 1.54) is 10.8 Å². The fourth-order valence-corrected chi connectivity index (χ4v) is 2.18. The SMILES string of the molecule is CC(C)(C)C(=O)c1ccc(Cl)c(NS(=O)(=O)C(F)(F)F)c1. The summed E-state index contributed by atoms with van der Waals surface area (Å²) in [7, 11) is -5.60.